The molecule has 1 aromatic rings. The van der Waals surface area contributed by atoms with E-state index in [4.69, 9.17) is 0 Å². The Kier molecular flexibility index (Phi) is 3.77. The third-order valence-electron chi connectivity index (χ3n) is 3.35. The van der Waals surface area contributed by atoms with Gasteiger partial charge in [0, 0.05) is 17.4 Å². The van der Waals surface area contributed by atoms with E-state index in [-0.39, 0.29) is 11.9 Å². The second-order valence-corrected chi connectivity index (χ2v) is 7.81. The lowest BCUT2D eigenvalue weighted by molar-refractivity contribution is -0.117. The van der Waals surface area contributed by atoms with Gasteiger partial charge in [-0.2, -0.15) is 0 Å². The lowest BCUT2D eigenvalue weighted by Gasteiger charge is -2.22. The standard InChI is InChI=1S/C14H20N2O3S/c1-9(2)16-13-6-5-12(7-11(13)8-14(16)17)15-20(18,19)10(3)4/h5-7,9-10,15H,8H2,1-4H3. The molecule has 1 N–H and O–H groups in total. The van der Waals surface area contributed by atoms with Crippen LogP contribution in [0, 0.1) is 0 Å². The summed E-state index contributed by atoms with van der Waals surface area (Å²) >= 11 is 0. The minimum Gasteiger partial charge on any atom is -0.309 e. The zero-order chi connectivity index (χ0) is 15.1. The van der Waals surface area contributed by atoms with Gasteiger partial charge in [-0.15, -0.1) is 0 Å². The van der Waals surface area contributed by atoms with Crippen molar-refractivity contribution in [2.75, 3.05) is 9.62 Å². The van der Waals surface area contributed by atoms with Crippen molar-refractivity contribution in [3.8, 4) is 0 Å². The average Bonchev–Trinajstić information content (AvgIpc) is 2.63. The fraction of sp³-hybridized carbons (Fsp3) is 0.500. The maximum Gasteiger partial charge on any atom is 0.235 e. The van der Waals surface area contributed by atoms with Gasteiger partial charge >= 0.3 is 0 Å². The van der Waals surface area contributed by atoms with Crippen molar-refractivity contribution in [3.63, 3.8) is 0 Å². The monoisotopic (exact) mass is 296 g/mol. The molecule has 0 fully saturated rings. The van der Waals surface area contributed by atoms with E-state index in [0.29, 0.717) is 12.1 Å². The van der Waals surface area contributed by atoms with Crippen LogP contribution in [0.2, 0.25) is 0 Å². The largest absolute Gasteiger partial charge is 0.309 e. The number of benzene rings is 1. The topological polar surface area (TPSA) is 66.5 Å². The normalized spacial score (nSPS) is 15.1. The van der Waals surface area contributed by atoms with Crippen LogP contribution in [0.4, 0.5) is 11.4 Å². The van der Waals surface area contributed by atoms with Gasteiger partial charge in [0.2, 0.25) is 15.9 Å². The molecule has 0 spiro atoms. The fourth-order valence-corrected chi connectivity index (χ4v) is 2.95. The molecule has 2 rings (SSSR count). The summed E-state index contributed by atoms with van der Waals surface area (Å²) in [5.74, 6) is 0.0545. The van der Waals surface area contributed by atoms with Crippen LogP contribution in [0.5, 0.6) is 0 Å². The van der Waals surface area contributed by atoms with E-state index >= 15 is 0 Å². The first-order chi connectivity index (χ1) is 9.22. The first-order valence-electron chi connectivity index (χ1n) is 6.69. The number of nitrogens with one attached hydrogen (secondary N) is 1. The van der Waals surface area contributed by atoms with Gasteiger partial charge in [-0.25, -0.2) is 8.42 Å². The number of rotatable bonds is 4. The first kappa shape index (κ1) is 14.8. The highest BCUT2D eigenvalue weighted by Crippen LogP contribution is 2.33. The Morgan fingerprint density at radius 2 is 1.85 bits per heavy atom. The van der Waals surface area contributed by atoms with Crippen LogP contribution in [-0.2, 0) is 21.2 Å². The van der Waals surface area contributed by atoms with Gasteiger partial charge in [-0.05, 0) is 51.5 Å². The van der Waals surface area contributed by atoms with Crippen LogP contribution in [0.25, 0.3) is 0 Å². The van der Waals surface area contributed by atoms with Crippen molar-refractivity contribution in [1.29, 1.82) is 0 Å². The Hall–Kier alpha value is -1.56. The molecule has 0 aromatic heterocycles. The number of sulfonamides is 1. The molecule has 0 aliphatic carbocycles. The lowest BCUT2D eigenvalue weighted by atomic mass is 10.1. The zero-order valence-electron chi connectivity index (χ0n) is 12.2. The molecule has 5 nitrogen and oxygen atoms in total. The van der Waals surface area contributed by atoms with Crippen LogP contribution in [0.3, 0.4) is 0 Å². The summed E-state index contributed by atoms with van der Waals surface area (Å²) in [6.45, 7) is 7.17. The van der Waals surface area contributed by atoms with E-state index in [2.05, 4.69) is 4.72 Å². The van der Waals surface area contributed by atoms with E-state index < -0.39 is 15.3 Å². The van der Waals surface area contributed by atoms with Crippen LogP contribution >= 0.6 is 0 Å². The predicted octanol–water partition coefficient (Wildman–Crippen LogP) is 2.13. The molecular formula is C14H20N2O3S. The smallest absolute Gasteiger partial charge is 0.235 e. The van der Waals surface area contributed by atoms with Crippen molar-refractivity contribution in [1.82, 2.24) is 0 Å². The van der Waals surface area contributed by atoms with Crippen LogP contribution in [0.15, 0.2) is 18.2 Å². The molecule has 0 saturated heterocycles. The number of carbonyl (C=O) groups excluding carboxylic acids is 1. The third-order valence-corrected chi connectivity index (χ3v) is 5.11. The highest BCUT2D eigenvalue weighted by molar-refractivity contribution is 7.93. The van der Waals surface area contributed by atoms with E-state index in [1.165, 1.54) is 0 Å². The fourth-order valence-electron chi connectivity index (χ4n) is 2.26. The number of carbonyl (C=O) groups is 1. The molecule has 1 amide bonds. The van der Waals surface area contributed by atoms with E-state index in [9.17, 15) is 13.2 Å². The minimum absolute atomic E-state index is 0.0545. The molecular weight excluding hydrogens is 276 g/mol. The Balaban J connectivity index is 2.32. The molecule has 20 heavy (non-hydrogen) atoms. The molecule has 0 saturated carbocycles. The summed E-state index contributed by atoms with van der Waals surface area (Å²) in [4.78, 5) is 13.7. The SMILES string of the molecule is CC(C)N1C(=O)Cc2cc(NS(=O)(=O)C(C)C)ccc21. The number of anilines is 2. The summed E-state index contributed by atoms with van der Waals surface area (Å²) in [5, 5.41) is -0.496. The molecule has 0 unspecified atom stereocenters. The second kappa shape index (κ2) is 5.09. The van der Waals surface area contributed by atoms with Gasteiger partial charge in [0.1, 0.15) is 0 Å². The minimum atomic E-state index is -3.36. The summed E-state index contributed by atoms with van der Waals surface area (Å²) in [6.07, 6.45) is 0.324. The maximum absolute atomic E-state index is 12.0. The van der Waals surface area contributed by atoms with E-state index in [1.807, 2.05) is 13.8 Å². The summed E-state index contributed by atoms with van der Waals surface area (Å²) in [6, 6.07) is 5.35. The van der Waals surface area contributed by atoms with Crippen LogP contribution in [-0.4, -0.2) is 25.6 Å². The van der Waals surface area contributed by atoms with Crippen molar-refractivity contribution in [2.45, 2.75) is 45.4 Å². The lowest BCUT2D eigenvalue weighted by Crippen LogP contribution is -2.33. The number of hydrogen-bond acceptors (Lipinski definition) is 3. The first-order valence-corrected chi connectivity index (χ1v) is 8.23. The molecule has 6 heteroatoms. The molecule has 110 valence electrons. The number of fused-ring (bicyclic) bond motifs is 1. The van der Waals surface area contributed by atoms with Crippen molar-refractivity contribution in [3.05, 3.63) is 23.8 Å². The van der Waals surface area contributed by atoms with Crippen molar-refractivity contribution in [2.24, 2.45) is 0 Å². The number of hydrogen-bond donors (Lipinski definition) is 1. The quantitative estimate of drug-likeness (QED) is 0.925. The Morgan fingerprint density at radius 3 is 2.40 bits per heavy atom. The Labute approximate surface area is 120 Å². The maximum atomic E-state index is 12.0. The molecule has 0 radical (unpaired) electrons. The Morgan fingerprint density at radius 1 is 1.20 bits per heavy atom. The van der Waals surface area contributed by atoms with Gasteiger partial charge in [0.05, 0.1) is 11.7 Å². The summed E-state index contributed by atoms with van der Waals surface area (Å²) in [5.41, 5.74) is 2.25. The summed E-state index contributed by atoms with van der Waals surface area (Å²) in [7, 11) is -3.36. The molecule has 0 bridgehead atoms. The molecule has 0 atom stereocenters. The van der Waals surface area contributed by atoms with Crippen molar-refractivity contribution >= 4 is 27.3 Å². The van der Waals surface area contributed by atoms with Crippen LogP contribution < -0.4 is 9.62 Å². The zero-order valence-corrected chi connectivity index (χ0v) is 13.0. The molecule has 1 aliphatic heterocycles. The predicted molar refractivity (Wildman–Crippen MR) is 80.4 cm³/mol. The number of amides is 1. The summed E-state index contributed by atoms with van der Waals surface area (Å²) < 4.78 is 26.2. The second-order valence-electron chi connectivity index (χ2n) is 5.57. The van der Waals surface area contributed by atoms with Crippen molar-refractivity contribution < 1.29 is 13.2 Å². The highest BCUT2D eigenvalue weighted by Gasteiger charge is 2.29. The third kappa shape index (κ3) is 2.65. The van der Waals surface area contributed by atoms with E-state index in [1.54, 1.807) is 36.9 Å². The highest BCUT2D eigenvalue weighted by atomic mass is 32.2. The average molecular weight is 296 g/mol. The Bertz CT molecular complexity index is 636. The molecule has 1 aromatic carbocycles. The van der Waals surface area contributed by atoms with Crippen LogP contribution in [0.1, 0.15) is 33.3 Å². The molecule has 1 aliphatic rings. The van der Waals surface area contributed by atoms with Gasteiger partial charge in [0.25, 0.3) is 0 Å². The molecule has 1 heterocycles. The van der Waals surface area contributed by atoms with E-state index in [0.717, 1.165) is 11.3 Å². The van der Waals surface area contributed by atoms with Gasteiger partial charge in [-0.1, -0.05) is 0 Å². The number of nitrogens with zero attached hydrogens (tertiary/aromatic N) is 1. The van der Waals surface area contributed by atoms with Gasteiger partial charge < -0.3 is 4.90 Å². The van der Waals surface area contributed by atoms with Gasteiger partial charge in [-0.3, -0.25) is 9.52 Å². The van der Waals surface area contributed by atoms with Gasteiger partial charge in [0.15, 0.2) is 0 Å².